The zero-order valence-electron chi connectivity index (χ0n) is 20.2. The van der Waals surface area contributed by atoms with Crippen molar-refractivity contribution in [3.8, 4) is 23.1 Å². The number of nitrogens with zero attached hydrogens (tertiary/aromatic N) is 3. The van der Waals surface area contributed by atoms with Gasteiger partial charge in [-0.3, -0.25) is 4.79 Å². The number of hydrogen-bond donors (Lipinski definition) is 1. The number of carbonyl (C=O) groups is 1. The van der Waals surface area contributed by atoms with Crippen LogP contribution >= 0.6 is 0 Å². The van der Waals surface area contributed by atoms with Crippen molar-refractivity contribution in [2.45, 2.75) is 63.6 Å². The van der Waals surface area contributed by atoms with E-state index in [0.29, 0.717) is 29.0 Å². The van der Waals surface area contributed by atoms with Crippen molar-refractivity contribution < 1.29 is 28.5 Å². The molecular weight excluding hydrogens is 465 g/mol. The summed E-state index contributed by atoms with van der Waals surface area (Å²) in [6.45, 7) is 0.0735. The maximum absolute atomic E-state index is 14.8. The molecule has 0 saturated heterocycles. The van der Waals surface area contributed by atoms with E-state index in [1.165, 1.54) is 17.9 Å². The molecule has 2 saturated carbocycles. The number of hydrogen-bond acceptors (Lipinski definition) is 6. The molecule has 0 radical (unpaired) electrons. The standard InChI is InChI=1S/C27H30FN3O5/c1-34-20-11-12-23(28)25(14-20)31-27(36-19-6-2-3-7-19)24(29-30-31)16-35-21-8-4-5-18(13-21)22(15-26(32)33)17-9-10-17/h4-5,8,11-14,17,19,22H,2-3,6-7,9-10,15-16H2,1H3,(H,32,33)/t22-/m0/s1. The Labute approximate surface area is 209 Å². The van der Waals surface area contributed by atoms with Crippen LogP contribution in [0.4, 0.5) is 4.39 Å². The molecule has 1 atom stereocenters. The number of carboxylic acid groups (broad SMARTS) is 1. The minimum Gasteiger partial charge on any atom is -0.497 e. The lowest BCUT2D eigenvalue weighted by Crippen LogP contribution is -2.16. The summed E-state index contributed by atoms with van der Waals surface area (Å²) in [5, 5.41) is 17.8. The molecule has 1 N–H and O–H groups in total. The van der Waals surface area contributed by atoms with Gasteiger partial charge in [-0.25, -0.2) is 4.39 Å². The highest BCUT2D eigenvalue weighted by molar-refractivity contribution is 5.68. The minimum atomic E-state index is -0.798. The molecule has 2 aromatic carbocycles. The third-order valence-corrected chi connectivity index (χ3v) is 6.90. The third-order valence-electron chi connectivity index (χ3n) is 6.90. The number of carboxylic acids is 1. The van der Waals surface area contributed by atoms with Crippen LogP contribution in [0.1, 0.15) is 62.1 Å². The van der Waals surface area contributed by atoms with Crippen LogP contribution in [-0.2, 0) is 11.4 Å². The van der Waals surface area contributed by atoms with Crippen molar-refractivity contribution >= 4 is 5.97 Å². The van der Waals surface area contributed by atoms with Gasteiger partial charge < -0.3 is 19.3 Å². The molecule has 36 heavy (non-hydrogen) atoms. The average Bonchev–Trinajstić information content (AvgIpc) is 3.45. The summed E-state index contributed by atoms with van der Waals surface area (Å²) in [7, 11) is 1.52. The Hall–Kier alpha value is -3.62. The van der Waals surface area contributed by atoms with Crippen molar-refractivity contribution in [2.75, 3.05) is 7.11 Å². The van der Waals surface area contributed by atoms with Gasteiger partial charge in [0.2, 0.25) is 5.88 Å². The number of rotatable bonds is 11. The Morgan fingerprint density at radius 3 is 2.67 bits per heavy atom. The molecule has 1 aromatic heterocycles. The smallest absolute Gasteiger partial charge is 0.303 e. The second-order valence-corrected chi connectivity index (χ2v) is 9.50. The molecule has 0 unspecified atom stereocenters. The van der Waals surface area contributed by atoms with Gasteiger partial charge in [-0.05, 0) is 80.2 Å². The molecule has 3 aromatic rings. The molecule has 0 bridgehead atoms. The van der Waals surface area contributed by atoms with Crippen molar-refractivity contribution in [1.29, 1.82) is 0 Å². The Morgan fingerprint density at radius 2 is 1.94 bits per heavy atom. The van der Waals surface area contributed by atoms with Crippen molar-refractivity contribution in [1.82, 2.24) is 15.0 Å². The SMILES string of the molecule is COc1ccc(F)c(-n2nnc(COc3cccc([C@@H](CC(=O)O)C4CC4)c3)c2OC2CCCC2)c1. The van der Waals surface area contributed by atoms with Gasteiger partial charge >= 0.3 is 5.97 Å². The molecule has 0 amide bonds. The first kappa shape index (κ1) is 24.1. The Bertz CT molecular complexity index is 1220. The molecule has 2 aliphatic carbocycles. The first-order chi connectivity index (χ1) is 17.5. The lowest BCUT2D eigenvalue weighted by Gasteiger charge is -2.17. The lowest BCUT2D eigenvalue weighted by molar-refractivity contribution is -0.137. The van der Waals surface area contributed by atoms with Crippen LogP contribution in [0, 0.1) is 11.7 Å². The van der Waals surface area contributed by atoms with E-state index in [1.54, 1.807) is 12.1 Å². The molecule has 0 spiro atoms. The quantitative estimate of drug-likeness (QED) is 0.386. The maximum atomic E-state index is 14.8. The average molecular weight is 496 g/mol. The summed E-state index contributed by atoms with van der Waals surface area (Å²) >= 11 is 0. The summed E-state index contributed by atoms with van der Waals surface area (Å²) < 4.78 is 33.7. The second-order valence-electron chi connectivity index (χ2n) is 9.50. The molecule has 5 rings (SSSR count). The number of halogens is 1. The number of aliphatic carboxylic acids is 1. The Kier molecular flexibility index (Phi) is 7.06. The van der Waals surface area contributed by atoms with Crippen LogP contribution < -0.4 is 14.2 Å². The molecule has 190 valence electrons. The van der Waals surface area contributed by atoms with Crippen LogP contribution in [-0.4, -0.2) is 39.3 Å². The van der Waals surface area contributed by atoms with E-state index in [4.69, 9.17) is 14.2 Å². The predicted molar refractivity (Wildman–Crippen MR) is 129 cm³/mol. The number of methoxy groups -OCH3 is 1. The van der Waals surface area contributed by atoms with Gasteiger partial charge in [-0.15, -0.1) is 5.10 Å². The predicted octanol–water partition coefficient (Wildman–Crippen LogP) is 5.28. The monoisotopic (exact) mass is 495 g/mol. The summed E-state index contributed by atoms with van der Waals surface area (Å²) in [5.41, 5.74) is 1.60. The van der Waals surface area contributed by atoms with Crippen LogP contribution in [0.15, 0.2) is 42.5 Å². The van der Waals surface area contributed by atoms with Gasteiger partial charge in [0.05, 0.1) is 13.5 Å². The van der Waals surface area contributed by atoms with E-state index in [0.717, 1.165) is 44.1 Å². The van der Waals surface area contributed by atoms with Crippen LogP contribution in [0.2, 0.25) is 0 Å². The highest BCUT2D eigenvalue weighted by Gasteiger charge is 2.34. The molecule has 2 aliphatic rings. The largest absolute Gasteiger partial charge is 0.497 e. The van der Waals surface area contributed by atoms with E-state index in [9.17, 15) is 14.3 Å². The molecule has 0 aliphatic heterocycles. The molecule has 2 fully saturated rings. The number of aromatic nitrogens is 3. The fourth-order valence-electron chi connectivity index (χ4n) is 4.85. The third kappa shape index (κ3) is 5.45. The van der Waals surface area contributed by atoms with E-state index in [1.807, 2.05) is 24.3 Å². The van der Waals surface area contributed by atoms with Gasteiger partial charge in [0.15, 0.2) is 5.69 Å². The lowest BCUT2D eigenvalue weighted by atomic mass is 9.91. The first-order valence-corrected chi connectivity index (χ1v) is 12.4. The fourth-order valence-corrected chi connectivity index (χ4v) is 4.85. The highest BCUT2D eigenvalue weighted by Crippen LogP contribution is 2.45. The summed E-state index contributed by atoms with van der Waals surface area (Å²) in [4.78, 5) is 11.4. The topological polar surface area (TPSA) is 95.7 Å². The van der Waals surface area contributed by atoms with E-state index in [2.05, 4.69) is 10.3 Å². The van der Waals surface area contributed by atoms with E-state index in [-0.39, 0.29) is 30.7 Å². The van der Waals surface area contributed by atoms with E-state index >= 15 is 0 Å². The second kappa shape index (κ2) is 10.6. The molecule has 9 heteroatoms. The van der Waals surface area contributed by atoms with Gasteiger partial charge in [0.1, 0.15) is 35.7 Å². The van der Waals surface area contributed by atoms with Crippen LogP contribution in [0.3, 0.4) is 0 Å². The van der Waals surface area contributed by atoms with Gasteiger partial charge in [0.25, 0.3) is 0 Å². The molecule has 1 heterocycles. The van der Waals surface area contributed by atoms with Crippen molar-refractivity contribution in [3.05, 3.63) is 59.5 Å². The fraction of sp³-hybridized carbons (Fsp3) is 0.444. The highest BCUT2D eigenvalue weighted by atomic mass is 19.1. The Balaban J connectivity index is 1.39. The Morgan fingerprint density at radius 1 is 1.14 bits per heavy atom. The maximum Gasteiger partial charge on any atom is 0.303 e. The van der Waals surface area contributed by atoms with Crippen LogP contribution in [0.5, 0.6) is 17.4 Å². The summed E-state index contributed by atoms with van der Waals surface area (Å²) in [6, 6.07) is 12.0. The number of benzene rings is 2. The van der Waals surface area contributed by atoms with Gasteiger partial charge in [-0.2, -0.15) is 4.68 Å². The van der Waals surface area contributed by atoms with Gasteiger partial charge in [-0.1, -0.05) is 17.3 Å². The zero-order valence-corrected chi connectivity index (χ0v) is 20.2. The van der Waals surface area contributed by atoms with Gasteiger partial charge in [0, 0.05) is 6.07 Å². The molecule has 8 nitrogen and oxygen atoms in total. The normalized spacial score (nSPS) is 16.6. The summed E-state index contributed by atoms with van der Waals surface area (Å²) in [6.07, 6.45) is 6.21. The van der Waals surface area contributed by atoms with E-state index < -0.39 is 11.8 Å². The zero-order chi connectivity index (χ0) is 25.1. The van der Waals surface area contributed by atoms with Crippen LogP contribution in [0.25, 0.3) is 5.69 Å². The first-order valence-electron chi connectivity index (χ1n) is 12.4. The number of ether oxygens (including phenoxy) is 3. The van der Waals surface area contributed by atoms with Crippen molar-refractivity contribution in [2.24, 2.45) is 5.92 Å². The van der Waals surface area contributed by atoms with Crippen molar-refractivity contribution in [3.63, 3.8) is 0 Å². The summed E-state index contributed by atoms with van der Waals surface area (Å²) in [5.74, 6) is 0.568. The minimum absolute atomic E-state index is 0.00770. The molecular formula is C27H30FN3O5.